The smallest absolute Gasteiger partial charge is 0.240 e. The molecule has 3 heterocycles. The number of primary sulfonamides is 1. The number of aliphatic hydroxyl groups is 1. The van der Waals surface area contributed by atoms with E-state index in [-0.39, 0.29) is 43.6 Å². The molecule has 184 valence electrons. The van der Waals surface area contributed by atoms with Crippen LogP contribution in [0, 0.1) is 0 Å². The summed E-state index contributed by atoms with van der Waals surface area (Å²) in [5, 5.41) is 24.8. The average molecular weight is 519 g/mol. The van der Waals surface area contributed by atoms with E-state index < -0.39 is 40.9 Å². The Kier molecular flexibility index (Phi) is 5.68. The van der Waals surface area contributed by atoms with E-state index >= 15 is 0 Å². The quantitative estimate of drug-likeness (QED) is 0.301. The molecule has 2 atom stereocenters. The minimum atomic E-state index is -4.60. The van der Waals surface area contributed by atoms with E-state index in [9.17, 15) is 21.9 Å². The summed E-state index contributed by atoms with van der Waals surface area (Å²) in [6.45, 7) is -0.229. The zero-order valence-electron chi connectivity index (χ0n) is 18.2. The van der Waals surface area contributed by atoms with Gasteiger partial charge in [-0.1, -0.05) is 18.2 Å². The van der Waals surface area contributed by atoms with Crippen LogP contribution in [0.5, 0.6) is 0 Å². The minimum absolute atomic E-state index is 0.0416. The molecule has 0 spiro atoms. The monoisotopic (exact) mass is 518 g/mol. The number of azo groups is 1. The molecule has 1 saturated heterocycles. The van der Waals surface area contributed by atoms with Crippen molar-refractivity contribution in [2.24, 2.45) is 20.4 Å². The molecule has 7 N–H and O–H groups in total. The Morgan fingerprint density at radius 1 is 1.11 bits per heavy atom. The first-order chi connectivity index (χ1) is 16.6. The molecule has 0 aliphatic carbocycles. The van der Waals surface area contributed by atoms with Crippen molar-refractivity contribution in [1.29, 1.82) is 0 Å². The predicted molar refractivity (Wildman–Crippen MR) is 128 cm³/mol. The fraction of sp³-hybridized carbons (Fsp3) is 0.300. The summed E-state index contributed by atoms with van der Waals surface area (Å²) in [4.78, 5) is 10.3. The van der Waals surface area contributed by atoms with Gasteiger partial charge in [0.1, 0.15) is 4.90 Å². The van der Waals surface area contributed by atoms with Gasteiger partial charge in [-0.15, -0.1) is 5.11 Å². The van der Waals surface area contributed by atoms with E-state index in [1.54, 1.807) is 18.2 Å². The van der Waals surface area contributed by atoms with Crippen LogP contribution in [0.15, 0.2) is 55.3 Å². The molecular weight excluding hydrogens is 496 g/mol. The first-order valence-electron chi connectivity index (χ1n) is 10.6. The molecule has 0 unspecified atom stereocenters. The lowest BCUT2D eigenvalue weighted by molar-refractivity contribution is 0.255. The van der Waals surface area contributed by atoms with Gasteiger partial charge in [-0.3, -0.25) is 0 Å². The number of H-pyrrole nitrogens is 1. The third kappa shape index (κ3) is 4.00. The molecule has 5 rings (SSSR count). The lowest BCUT2D eigenvalue weighted by Gasteiger charge is -2.19. The number of rotatable bonds is 6. The van der Waals surface area contributed by atoms with Gasteiger partial charge < -0.3 is 21.1 Å². The van der Waals surface area contributed by atoms with E-state index in [2.05, 4.69) is 30.5 Å². The second-order valence-corrected chi connectivity index (χ2v) is 11.9. The second-order valence-electron chi connectivity index (χ2n) is 8.24. The van der Waals surface area contributed by atoms with Crippen LogP contribution >= 0.6 is 0 Å². The van der Waals surface area contributed by atoms with Crippen LogP contribution in [0.4, 0.5) is 5.95 Å². The third-order valence-electron chi connectivity index (χ3n) is 6.05. The Morgan fingerprint density at radius 3 is 2.57 bits per heavy atom. The number of hydrogen-bond acceptors (Lipinski definition) is 11. The van der Waals surface area contributed by atoms with Crippen LogP contribution in [0.1, 0.15) is 12.0 Å². The molecule has 2 aliphatic rings. The lowest BCUT2D eigenvalue weighted by Crippen LogP contribution is -2.28. The standard InChI is InChI=1S/C20H22N8O5S2/c21-20-26-14-3-1-2-13(17(14)27-20)12-4-5-15(34(30,31)11-6-10(8-29)23-7-11)18(35(22,32)33)16(12)19-24-9-25-28-19/h1-5,10-11,23,29H,6-9H2,(H3,21,26,27)(H2,22,32,33)/t10-,11-/m0/s1. The van der Waals surface area contributed by atoms with Crippen LogP contribution in [0.3, 0.4) is 0 Å². The zero-order chi connectivity index (χ0) is 25.0. The number of para-hydroxylation sites is 1. The summed E-state index contributed by atoms with van der Waals surface area (Å²) in [6.07, 6.45) is 0.118. The van der Waals surface area contributed by atoms with Crippen molar-refractivity contribution < 1.29 is 21.9 Å². The summed E-state index contributed by atoms with van der Waals surface area (Å²) >= 11 is 0. The number of hydrogen-bond donors (Lipinski definition) is 5. The molecule has 35 heavy (non-hydrogen) atoms. The third-order valence-corrected chi connectivity index (χ3v) is 9.36. The molecule has 0 saturated carbocycles. The van der Waals surface area contributed by atoms with Crippen molar-refractivity contribution in [2.45, 2.75) is 27.5 Å². The number of nitrogens with zero attached hydrogens (tertiary/aromatic N) is 4. The topological polar surface area (TPSA) is 218 Å². The van der Waals surface area contributed by atoms with E-state index in [1.165, 1.54) is 12.1 Å². The molecule has 0 amide bonds. The molecule has 3 aromatic rings. The van der Waals surface area contributed by atoms with Crippen molar-refractivity contribution in [3.05, 3.63) is 35.9 Å². The summed E-state index contributed by atoms with van der Waals surface area (Å²) in [6, 6.07) is 7.46. The average Bonchev–Trinajstić information content (AvgIpc) is 3.57. The fourth-order valence-electron chi connectivity index (χ4n) is 4.48. The molecule has 0 bridgehead atoms. The van der Waals surface area contributed by atoms with Gasteiger partial charge in [0.05, 0.1) is 33.3 Å². The van der Waals surface area contributed by atoms with Crippen LogP contribution in [-0.4, -0.2) is 68.9 Å². The number of nitrogens with one attached hydrogen (secondary N) is 2. The normalized spacial score (nSPS) is 20.6. The van der Waals surface area contributed by atoms with E-state index in [1.807, 2.05) is 0 Å². The largest absolute Gasteiger partial charge is 0.395 e. The molecule has 0 radical (unpaired) electrons. The Bertz CT molecular complexity index is 1610. The minimum Gasteiger partial charge on any atom is -0.395 e. The highest BCUT2D eigenvalue weighted by molar-refractivity contribution is 7.94. The van der Waals surface area contributed by atoms with Crippen molar-refractivity contribution in [3.8, 4) is 11.1 Å². The number of sulfonamides is 1. The van der Waals surface area contributed by atoms with Gasteiger partial charge in [-0.25, -0.2) is 32.0 Å². The first kappa shape index (κ1) is 23.5. The number of anilines is 1. The second kappa shape index (κ2) is 8.46. The highest BCUT2D eigenvalue weighted by Crippen LogP contribution is 2.39. The number of amidine groups is 1. The highest BCUT2D eigenvalue weighted by atomic mass is 32.2. The van der Waals surface area contributed by atoms with E-state index in [0.29, 0.717) is 22.2 Å². The summed E-state index contributed by atoms with van der Waals surface area (Å²) in [5.41, 5.74) is 7.59. The molecule has 2 aliphatic heterocycles. The maximum Gasteiger partial charge on any atom is 0.240 e. The van der Waals surface area contributed by atoms with Crippen LogP contribution in [0.2, 0.25) is 0 Å². The Labute approximate surface area is 200 Å². The molecule has 2 aromatic carbocycles. The number of aliphatic imine (C=N–C) groups is 1. The number of fused-ring (bicyclic) bond motifs is 1. The Balaban J connectivity index is 1.83. The van der Waals surface area contributed by atoms with Crippen molar-refractivity contribution >= 4 is 42.7 Å². The number of aliphatic hydroxyl groups excluding tert-OH is 1. The van der Waals surface area contributed by atoms with E-state index in [4.69, 9.17) is 10.9 Å². The summed E-state index contributed by atoms with van der Waals surface area (Å²) in [7, 11) is -8.78. The lowest BCUT2D eigenvalue weighted by atomic mass is 9.97. The van der Waals surface area contributed by atoms with Crippen LogP contribution in [-0.2, 0) is 19.9 Å². The SMILES string of the molecule is Nc1nc2c(-c3ccc(S(=O)(=O)[C@@H]4CN[C@H](CO)C4)c(S(N)(=O)=O)c3C3=NCN=N3)cccc2[nH]1. The molecule has 1 fully saturated rings. The van der Waals surface area contributed by atoms with Gasteiger partial charge in [0, 0.05) is 18.2 Å². The molecular formula is C20H22N8O5S2. The molecule has 15 heteroatoms. The number of sulfone groups is 1. The number of aromatic amines is 1. The first-order valence-corrected chi connectivity index (χ1v) is 13.7. The number of nitrogens with two attached hydrogens (primary N) is 2. The van der Waals surface area contributed by atoms with Gasteiger partial charge in [0.2, 0.25) is 10.0 Å². The maximum absolute atomic E-state index is 13.6. The molecule has 13 nitrogen and oxygen atoms in total. The predicted octanol–water partition coefficient (Wildman–Crippen LogP) is 0.126. The highest BCUT2D eigenvalue weighted by Gasteiger charge is 2.40. The van der Waals surface area contributed by atoms with Gasteiger partial charge in [-0.2, -0.15) is 5.11 Å². The summed E-state index contributed by atoms with van der Waals surface area (Å²) in [5.74, 6) is 0.101. The van der Waals surface area contributed by atoms with Crippen molar-refractivity contribution in [2.75, 3.05) is 25.6 Å². The van der Waals surface area contributed by atoms with Gasteiger partial charge >= 0.3 is 0 Å². The molecule has 1 aromatic heterocycles. The van der Waals surface area contributed by atoms with Crippen LogP contribution in [0.25, 0.3) is 22.2 Å². The van der Waals surface area contributed by atoms with Gasteiger partial charge in [0.15, 0.2) is 28.3 Å². The number of imidazole rings is 1. The van der Waals surface area contributed by atoms with Gasteiger partial charge in [-0.05, 0) is 24.1 Å². The summed E-state index contributed by atoms with van der Waals surface area (Å²) < 4.78 is 53.2. The zero-order valence-corrected chi connectivity index (χ0v) is 19.8. The van der Waals surface area contributed by atoms with E-state index in [0.717, 1.165) is 0 Å². The van der Waals surface area contributed by atoms with Gasteiger partial charge in [0.25, 0.3) is 0 Å². The number of benzene rings is 2. The number of nitrogen functional groups attached to an aromatic ring is 1. The number of aromatic nitrogens is 2. The van der Waals surface area contributed by atoms with Crippen LogP contribution < -0.4 is 16.2 Å². The Hall–Kier alpha value is -3.24. The Morgan fingerprint density at radius 2 is 1.91 bits per heavy atom. The van der Waals surface area contributed by atoms with Crippen molar-refractivity contribution in [1.82, 2.24) is 15.3 Å². The van der Waals surface area contributed by atoms with Crippen molar-refractivity contribution in [3.63, 3.8) is 0 Å². The fourth-order valence-corrected chi connectivity index (χ4v) is 7.79. The maximum atomic E-state index is 13.6.